The van der Waals surface area contributed by atoms with Gasteiger partial charge in [-0.15, -0.1) is 0 Å². The number of carbonyl (C=O) groups is 2. The molecule has 2 amide bonds. The van der Waals surface area contributed by atoms with Crippen LogP contribution in [0.4, 0.5) is 5.69 Å². The number of rotatable bonds is 6. The summed E-state index contributed by atoms with van der Waals surface area (Å²) in [5.74, 6) is -0.648. The molecular formula is C18H19ClN2O2. The molecule has 0 saturated heterocycles. The van der Waals surface area contributed by atoms with E-state index in [-0.39, 0.29) is 18.2 Å². The lowest BCUT2D eigenvalue weighted by atomic mass is 10.1. The highest BCUT2D eigenvalue weighted by Crippen LogP contribution is 2.20. The molecule has 0 spiro atoms. The van der Waals surface area contributed by atoms with Gasteiger partial charge in [0.25, 0.3) is 0 Å². The van der Waals surface area contributed by atoms with Gasteiger partial charge in [-0.25, -0.2) is 0 Å². The molecule has 0 aliphatic rings. The lowest BCUT2D eigenvalue weighted by Crippen LogP contribution is -2.29. The van der Waals surface area contributed by atoms with Gasteiger partial charge in [0.05, 0.1) is 0 Å². The minimum Gasteiger partial charge on any atom is -0.355 e. The molecule has 2 N–H and O–H groups in total. The van der Waals surface area contributed by atoms with Crippen LogP contribution >= 0.6 is 11.6 Å². The summed E-state index contributed by atoms with van der Waals surface area (Å²) in [5, 5.41) is 5.99. The molecule has 0 aromatic heterocycles. The topological polar surface area (TPSA) is 58.2 Å². The van der Waals surface area contributed by atoms with Crippen LogP contribution in [0.5, 0.6) is 0 Å². The Balaban J connectivity index is 1.76. The van der Waals surface area contributed by atoms with Gasteiger partial charge in [0.15, 0.2) is 0 Å². The first-order chi connectivity index (χ1) is 11.0. The van der Waals surface area contributed by atoms with E-state index in [0.717, 1.165) is 17.5 Å². The molecule has 2 rings (SSSR count). The number of benzene rings is 2. The Labute approximate surface area is 140 Å². The molecular weight excluding hydrogens is 312 g/mol. The Morgan fingerprint density at radius 3 is 2.52 bits per heavy atom. The third-order valence-electron chi connectivity index (χ3n) is 3.37. The Hall–Kier alpha value is -2.33. The number of halogens is 1. The molecule has 0 aliphatic heterocycles. The van der Waals surface area contributed by atoms with E-state index in [9.17, 15) is 9.59 Å². The fourth-order valence-electron chi connectivity index (χ4n) is 2.12. The van der Waals surface area contributed by atoms with E-state index >= 15 is 0 Å². The lowest BCUT2D eigenvalue weighted by molar-refractivity contribution is -0.126. The van der Waals surface area contributed by atoms with Crippen molar-refractivity contribution >= 4 is 29.1 Å². The second-order valence-corrected chi connectivity index (χ2v) is 5.71. The van der Waals surface area contributed by atoms with Crippen LogP contribution in [0.15, 0.2) is 48.5 Å². The number of aryl methyl sites for hydroxylation is 1. The predicted molar refractivity (Wildman–Crippen MR) is 92.6 cm³/mol. The monoisotopic (exact) mass is 330 g/mol. The van der Waals surface area contributed by atoms with E-state index in [0.29, 0.717) is 17.3 Å². The van der Waals surface area contributed by atoms with E-state index in [4.69, 9.17) is 11.6 Å². The zero-order valence-electron chi connectivity index (χ0n) is 12.9. The Morgan fingerprint density at radius 2 is 1.78 bits per heavy atom. The Kier molecular flexibility index (Phi) is 6.18. The number of carbonyl (C=O) groups excluding carboxylic acids is 2. The fourth-order valence-corrected chi connectivity index (χ4v) is 2.29. The standard InChI is InChI=1S/C18H19ClN2O2/c1-13-7-8-15(19)11-16(13)21-18(23)12-17(22)20-10-9-14-5-3-2-4-6-14/h2-8,11H,9-10,12H2,1H3,(H,20,22)(H,21,23). The van der Waals surface area contributed by atoms with E-state index in [2.05, 4.69) is 10.6 Å². The Morgan fingerprint density at radius 1 is 1.04 bits per heavy atom. The Bertz CT molecular complexity index is 687. The maximum Gasteiger partial charge on any atom is 0.233 e. The van der Waals surface area contributed by atoms with Gasteiger partial charge >= 0.3 is 0 Å². The molecule has 0 bridgehead atoms. The molecule has 0 heterocycles. The molecule has 0 radical (unpaired) electrons. The average molecular weight is 331 g/mol. The summed E-state index contributed by atoms with van der Waals surface area (Å²) in [6.45, 7) is 2.37. The summed E-state index contributed by atoms with van der Waals surface area (Å²) in [6.07, 6.45) is 0.530. The molecule has 0 saturated carbocycles. The fraction of sp³-hybridized carbons (Fsp3) is 0.222. The molecule has 0 fully saturated rings. The minimum absolute atomic E-state index is 0.208. The van der Waals surface area contributed by atoms with Gasteiger partial charge in [0.2, 0.25) is 11.8 Å². The number of hydrogen-bond donors (Lipinski definition) is 2. The van der Waals surface area contributed by atoms with Crippen molar-refractivity contribution in [1.29, 1.82) is 0 Å². The van der Waals surface area contributed by atoms with Crippen molar-refractivity contribution in [2.75, 3.05) is 11.9 Å². The van der Waals surface area contributed by atoms with E-state index in [1.165, 1.54) is 0 Å². The summed E-state index contributed by atoms with van der Waals surface area (Å²) >= 11 is 5.90. The summed E-state index contributed by atoms with van der Waals surface area (Å²) in [5.41, 5.74) is 2.67. The second kappa shape index (κ2) is 8.34. The van der Waals surface area contributed by atoms with Gasteiger partial charge in [0, 0.05) is 17.3 Å². The zero-order chi connectivity index (χ0) is 16.7. The lowest BCUT2D eigenvalue weighted by Gasteiger charge is -2.09. The van der Waals surface area contributed by atoms with Crippen molar-refractivity contribution < 1.29 is 9.59 Å². The van der Waals surface area contributed by atoms with Crippen LogP contribution in [-0.2, 0) is 16.0 Å². The van der Waals surface area contributed by atoms with Gasteiger partial charge in [-0.3, -0.25) is 9.59 Å². The minimum atomic E-state index is -0.354. The van der Waals surface area contributed by atoms with E-state index in [1.54, 1.807) is 12.1 Å². The SMILES string of the molecule is Cc1ccc(Cl)cc1NC(=O)CC(=O)NCCc1ccccc1. The predicted octanol–water partition coefficient (Wildman–Crippen LogP) is 3.34. The van der Waals surface area contributed by atoms with Gasteiger partial charge in [-0.05, 0) is 36.6 Å². The van der Waals surface area contributed by atoms with Crippen LogP contribution in [0.2, 0.25) is 5.02 Å². The van der Waals surface area contributed by atoms with Gasteiger partial charge < -0.3 is 10.6 Å². The zero-order valence-corrected chi connectivity index (χ0v) is 13.7. The maximum atomic E-state index is 11.9. The largest absolute Gasteiger partial charge is 0.355 e. The number of hydrogen-bond acceptors (Lipinski definition) is 2. The van der Waals surface area contributed by atoms with Crippen LogP contribution in [0.3, 0.4) is 0 Å². The third kappa shape index (κ3) is 5.75. The highest BCUT2D eigenvalue weighted by Gasteiger charge is 2.10. The number of anilines is 1. The molecule has 0 atom stereocenters. The molecule has 120 valence electrons. The summed E-state index contributed by atoms with van der Waals surface area (Å²) in [6, 6.07) is 15.1. The average Bonchev–Trinajstić information content (AvgIpc) is 2.52. The van der Waals surface area contributed by atoms with Crippen molar-refractivity contribution in [3.8, 4) is 0 Å². The first-order valence-electron chi connectivity index (χ1n) is 7.41. The van der Waals surface area contributed by atoms with Crippen molar-refractivity contribution in [2.24, 2.45) is 0 Å². The second-order valence-electron chi connectivity index (χ2n) is 5.27. The molecule has 2 aromatic carbocycles. The van der Waals surface area contributed by atoms with Gasteiger partial charge in [-0.2, -0.15) is 0 Å². The first-order valence-corrected chi connectivity index (χ1v) is 7.79. The summed E-state index contributed by atoms with van der Waals surface area (Å²) in [7, 11) is 0. The molecule has 5 heteroatoms. The van der Waals surface area contributed by atoms with Gasteiger partial charge in [0.1, 0.15) is 6.42 Å². The molecule has 2 aromatic rings. The highest BCUT2D eigenvalue weighted by atomic mass is 35.5. The van der Waals surface area contributed by atoms with Crippen LogP contribution in [0.25, 0.3) is 0 Å². The summed E-state index contributed by atoms with van der Waals surface area (Å²) < 4.78 is 0. The van der Waals surface area contributed by atoms with E-state index < -0.39 is 0 Å². The quantitative estimate of drug-likeness (QED) is 0.798. The molecule has 0 aliphatic carbocycles. The van der Waals surface area contributed by atoms with Crippen LogP contribution in [0, 0.1) is 6.92 Å². The van der Waals surface area contributed by atoms with Crippen LogP contribution in [0.1, 0.15) is 17.5 Å². The van der Waals surface area contributed by atoms with Crippen molar-refractivity contribution in [3.05, 3.63) is 64.7 Å². The molecule has 0 unspecified atom stereocenters. The van der Waals surface area contributed by atoms with Crippen molar-refractivity contribution in [3.63, 3.8) is 0 Å². The number of amides is 2. The molecule has 23 heavy (non-hydrogen) atoms. The van der Waals surface area contributed by atoms with Crippen LogP contribution < -0.4 is 10.6 Å². The van der Waals surface area contributed by atoms with Crippen molar-refractivity contribution in [1.82, 2.24) is 5.32 Å². The van der Waals surface area contributed by atoms with Crippen LogP contribution in [-0.4, -0.2) is 18.4 Å². The van der Waals surface area contributed by atoms with Gasteiger partial charge in [-0.1, -0.05) is 48.0 Å². The third-order valence-corrected chi connectivity index (χ3v) is 3.61. The first kappa shape index (κ1) is 17.0. The van der Waals surface area contributed by atoms with E-state index in [1.807, 2.05) is 43.3 Å². The highest BCUT2D eigenvalue weighted by molar-refractivity contribution is 6.31. The maximum absolute atomic E-state index is 11.9. The molecule has 4 nitrogen and oxygen atoms in total. The van der Waals surface area contributed by atoms with Crippen molar-refractivity contribution in [2.45, 2.75) is 19.8 Å². The number of nitrogens with one attached hydrogen (secondary N) is 2. The normalized spacial score (nSPS) is 10.2. The summed E-state index contributed by atoms with van der Waals surface area (Å²) in [4.78, 5) is 23.7. The smallest absolute Gasteiger partial charge is 0.233 e.